The number of piperidine rings is 1. The highest BCUT2D eigenvalue weighted by Crippen LogP contribution is 2.44. The summed E-state index contributed by atoms with van der Waals surface area (Å²) in [5, 5.41) is 12.1. The minimum atomic E-state index is -0.891. The topological polar surface area (TPSA) is 105 Å². The molecule has 2 heterocycles. The van der Waals surface area contributed by atoms with E-state index >= 15 is 0 Å². The third-order valence-electron chi connectivity index (χ3n) is 7.06. The van der Waals surface area contributed by atoms with E-state index in [1.807, 2.05) is 24.3 Å². The fourth-order valence-electron chi connectivity index (χ4n) is 5.33. The predicted octanol–water partition coefficient (Wildman–Crippen LogP) is 3.01. The van der Waals surface area contributed by atoms with Gasteiger partial charge in [0.05, 0.1) is 12.0 Å². The second kappa shape index (κ2) is 9.46. The second-order valence-corrected chi connectivity index (χ2v) is 9.12. The van der Waals surface area contributed by atoms with E-state index in [4.69, 9.17) is 9.47 Å². The van der Waals surface area contributed by atoms with Gasteiger partial charge in [0.1, 0.15) is 6.61 Å². The van der Waals surface area contributed by atoms with Crippen molar-refractivity contribution < 1.29 is 29.0 Å². The Bertz CT molecular complexity index is 1060. The fraction of sp³-hybridized carbons (Fsp3) is 0.423. The van der Waals surface area contributed by atoms with Gasteiger partial charge in [-0.05, 0) is 41.5 Å². The second-order valence-electron chi connectivity index (χ2n) is 9.12. The van der Waals surface area contributed by atoms with Crippen LogP contribution in [0.25, 0.3) is 11.1 Å². The molecule has 178 valence electrons. The van der Waals surface area contributed by atoms with E-state index in [0.29, 0.717) is 32.4 Å². The van der Waals surface area contributed by atoms with Crippen molar-refractivity contribution in [1.29, 1.82) is 0 Å². The summed E-state index contributed by atoms with van der Waals surface area (Å²) >= 11 is 0. The van der Waals surface area contributed by atoms with Crippen LogP contribution in [0.5, 0.6) is 0 Å². The first-order valence-electron chi connectivity index (χ1n) is 11.8. The van der Waals surface area contributed by atoms with Crippen molar-refractivity contribution in [3.63, 3.8) is 0 Å². The van der Waals surface area contributed by atoms with E-state index in [-0.39, 0.29) is 25.0 Å². The highest BCUT2D eigenvalue weighted by Gasteiger charge is 2.40. The molecule has 8 nitrogen and oxygen atoms in total. The highest BCUT2D eigenvalue weighted by molar-refractivity contribution is 5.84. The molecule has 0 aromatic heterocycles. The summed E-state index contributed by atoms with van der Waals surface area (Å²) in [5.41, 5.74) is 4.57. The molecule has 0 unspecified atom stereocenters. The lowest BCUT2D eigenvalue weighted by molar-refractivity contribution is -0.149. The quantitative estimate of drug-likeness (QED) is 0.705. The Kier molecular flexibility index (Phi) is 6.24. The van der Waals surface area contributed by atoms with Crippen LogP contribution in [0.1, 0.15) is 36.3 Å². The number of benzene rings is 2. The summed E-state index contributed by atoms with van der Waals surface area (Å²) in [6, 6.07) is 15.7. The molecule has 0 radical (unpaired) electrons. The molecule has 2 fully saturated rings. The minimum absolute atomic E-state index is 0.0447. The van der Waals surface area contributed by atoms with Crippen LogP contribution in [0.4, 0.5) is 4.79 Å². The molecule has 0 spiro atoms. The SMILES string of the molecule is O=C(N[C@H]1CCO[C@H]1C(=O)N1CCC[C@H](C(=O)O)C1)OCC1c2ccccc2-c2ccccc21. The lowest BCUT2D eigenvalue weighted by Gasteiger charge is -2.33. The molecule has 2 aromatic carbocycles. The number of carboxylic acids is 1. The molecular weight excluding hydrogens is 436 g/mol. The first-order valence-corrected chi connectivity index (χ1v) is 11.8. The zero-order valence-electron chi connectivity index (χ0n) is 18.8. The number of alkyl carbamates (subject to hydrolysis) is 1. The van der Waals surface area contributed by atoms with E-state index in [1.54, 1.807) is 4.90 Å². The Morgan fingerprint density at radius 2 is 1.71 bits per heavy atom. The van der Waals surface area contributed by atoms with Gasteiger partial charge in [0, 0.05) is 25.6 Å². The zero-order chi connectivity index (χ0) is 23.7. The smallest absolute Gasteiger partial charge is 0.407 e. The Morgan fingerprint density at radius 1 is 1.03 bits per heavy atom. The van der Waals surface area contributed by atoms with Crippen molar-refractivity contribution in [1.82, 2.24) is 10.2 Å². The largest absolute Gasteiger partial charge is 0.481 e. The number of amides is 2. The van der Waals surface area contributed by atoms with E-state index in [1.165, 1.54) is 0 Å². The maximum Gasteiger partial charge on any atom is 0.407 e. The molecule has 5 rings (SSSR count). The number of rotatable bonds is 5. The molecule has 2 amide bonds. The lowest BCUT2D eigenvalue weighted by Crippen LogP contribution is -2.52. The number of likely N-dealkylation sites (tertiary alicyclic amines) is 1. The number of nitrogens with zero attached hydrogens (tertiary/aromatic N) is 1. The van der Waals surface area contributed by atoms with E-state index < -0.39 is 30.1 Å². The monoisotopic (exact) mass is 464 g/mol. The van der Waals surface area contributed by atoms with Crippen LogP contribution in [-0.4, -0.2) is 66.4 Å². The van der Waals surface area contributed by atoms with Gasteiger partial charge in [0.15, 0.2) is 6.10 Å². The number of ether oxygens (including phenoxy) is 2. The summed E-state index contributed by atoms with van der Waals surface area (Å²) in [6.45, 7) is 1.21. The predicted molar refractivity (Wildman–Crippen MR) is 123 cm³/mol. The third kappa shape index (κ3) is 4.25. The van der Waals surface area contributed by atoms with Crippen LogP contribution in [0, 0.1) is 5.92 Å². The summed E-state index contributed by atoms with van der Waals surface area (Å²) < 4.78 is 11.3. The lowest BCUT2D eigenvalue weighted by atomic mass is 9.97. The van der Waals surface area contributed by atoms with Crippen LogP contribution in [0.2, 0.25) is 0 Å². The van der Waals surface area contributed by atoms with Gasteiger partial charge in [0.2, 0.25) is 0 Å². The maximum atomic E-state index is 13.0. The van der Waals surface area contributed by atoms with Crippen molar-refractivity contribution in [3.8, 4) is 11.1 Å². The van der Waals surface area contributed by atoms with Crippen LogP contribution in [-0.2, 0) is 19.1 Å². The third-order valence-corrected chi connectivity index (χ3v) is 7.06. The number of nitrogens with one attached hydrogen (secondary N) is 1. The first-order chi connectivity index (χ1) is 16.5. The van der Waals surface area contributed by atoms with Gasteiger partial charge < -0.3 is 24.8 Å². The van der Waals surface area contributed by atoms with Gasteiger partial charge >= 0.3 is 12.1 Å². The van der Waals surface area contributed by atoms with E-state index in [9.17, 15) is 19.5 Å². The molecule has 1 aliphatic carbocycles. The molecule has 2 aromatic rings. The number of fused-ring (bicyclic) bond motifs is 3. The molecule has 34 heavy (non-hydrogen) atoms. The zero-order valence-corrected chi connectivity index (χ0v) is 18.8. The number of hydrogen-bond donors (Lipinski definition) is 2. The Hall–Kier alpha value is -3.39. The van der Waals surface area contributed by atoms with Gasteiger partial charge in [-0.15, -0.1) is 0 Å². The average molecular weight is 465 g/mol. The first kappa shape index (κ1) is 22.4. The number of aliphatic carboxylic acids is 1. The molecule has 0 saturated carbocycles. The van der Waals surface area contributed by atoms with Crippen molar-refractivity contribution in [3.05, 3.63) is 59.7 Å². The van der Waals surface area contributed by atoms with Crippen molar-refractivity contribution in [2.45, 2.75) is 37.3 Å². The maximum absolute atomic E-state index is 13.0. The van der Waals surface area contributed by atoms with Gasteiger partial charge in [-0.3, -0.25) is 9.59 Å². The summed E-state index contributed by atoms with van der Waals surface area (Å²) in [4.78, 5) is 38.6. The van der Waals surface area contributed by atoms with Gasteiger partial charge in [-0.25, -0.2) is 4.79 Å². The molecule has 8 heteroatoms. The number of carboxylic acid groups (broad SMARTS) is 1. The van der Waals surface area contributed by atoms with Gasteiger partial charge in [-0.1, -0.05) is 48.5 Å². The average Bonchev–Trinajstić information content (AvgIpc) is 3.44. The normalized spacial score (nSPS) is 23.8. The summed E-state index contributed by atoms with van der Waals surface area (Å²) in [7, 11) is 0. The molecule has 2 saturated heterocycles. The Labute approximate surface area is 197 Å². The Morgan fingerprint density at radius 3 is 2.38 bits per heavy atom. The fourth-order valence-corrected chi connectivity index (χ4v) is 5.33. The van der Waals surface area contributed by atoms with Crippen LogP contribution >= 0.6 is 0 Å². The van der Waals surface area contributed by atoms with E-state index in [2.05, 4.69) is 29.6 Å². The molecule has 0 bridgehead atoms. The Balaban J connectivity index is 1.20. The highest BCUT2D eigenvalue weighted by atomic mass is 16.6. The van der Waals surface area contributed by atoms with Gasteiger partial charge in [0.25, 0.3) is 5.91 Å². The molecule has 3 aliphatic rings. The number of carbonyl (C=O) groups is 3. The molecule has 2 aliphatic heterocycles. The molecule has 2 N–H and O–H groups in total. The standard InChI is InChI=1S/C26H28N2O6/c29-24(28-12-5-6-16(14-28)25(30)31)23-22(11-13-33-23)27-26(32)34-15-21-19-9-3-1-7-17(19)18-8-2-4-10-20(18)21/h1-4,7-10,16,21-23H,5-6,11-15H2,(H,27,32)(H,30,31)/t16-,22-,23+/m0/s1. The summed E-state index contributed by atoms with van der Waals surface area (Å²) in [6.07, 6.45) is 0.285. The van der Waals surface area contributed by atoms with Crippen LogP contribution < -0.4 is 5.32 Å². The van der Waals surface area contributed by atoms with Crippen molar-refractivity contribution in [2.24, 2.45) is 5.92 Å². The van der Waals surface area contributed by atoms with Crippen molar-refractivity contribution in [2.75, 3.05) is 26.3 Å². The van der Waals surface area contributed by atoms with Crippen molar-refractivity contribution >= 4 is 18.0 Å². The molecular formula is C26H28N2O6. The molecule has 3 atom stereocenters. The van der Waals surface area contributed by atoms with E-state index in [0.717, 1.165) is 22.3 Å². The van der Waals surface area contributed by atoms with Gasteiger partial charge in [-0.2, -0.15) is 0 Å². The summed E-state index contributed by atoms with van der Waals surface area (Å²) in [5.74, 6) is -1.77. The van der Waals surface area contributed by atoms with Crippen LogP contribution in [0.15, 0.2) is 48.5 Å². The minimum Gasteiger partial charge on any atom is -0.481 e. The number of hydrogen-bond acceptors (Lipinski definition) is 5. The number of carbonyl (C=O) groups excluding carboxylic acids is 2. The van der Waals surface area contributed by atoms with Crippen LogP contribution in [0.3, 0.4) is 0 Å².